The number of benzene rings is 2. The van der Waals surface area contributed by atoms with E-state index in [1.54, 1.807) is 38.5 Å². The SMILES string of the molecule is COc1cc(C(=O)NC2CCc3ccc(OCc4ccnc(C(N)=O)c4)cc3C2)cc(OC)c1C. The molecule has 0 aliphatic heterocycles. The smallest absolute Gasteiger partial charge is 0.267 e. The molecule has 182 valence electrons. The van der Waals surface area contributed by atoms with Gasteiger partial charge in [-0.15, -0.1) is 0 Å². The van der Waals surface area contributed by atoms with Crippen LogP contribution in [0.4, 0.5) is 0 Å². The third-order valence-corrected chi connectivity index (χ3v) is 6.24. The lowest BCUT2D eigenvalue weighted by Crippen LogP contribution is -2.38. The van der Waals surface area contributed by atoms with Crippen molar-refractivity contribution in [2.24, 2.45) is 5.73 Å². The number of aryl methyl sites for hydroxylation is 1. The minimum absolute atomic E-state index is 0.00173. The highest BCUT2D eigenvalue weighted by molar-refractivity contribution is 5.95. The molecule has 0 spiro atoms. The Balaban J connectivity index is 1.42. The van der Waals surface area contributed by atoms with Gasteiger partial charge in [0, 0.05) is 23.4 Å². The number of carbonyl (C=O) groups is 2. The molecule has 35 heavy (non-hydrogen) atoms. The number of hydrogen-bond donors (Lipinski definition) is 2. The molecule has 8 heteroatoms. The lowest BCUT2D eigenvalue weighted by molar-refractivity contribution is 0.0932. The molecule has 0 radical (unpaired) electrons. The first kappa shape index (κ1) is 24.1. The summed E-state index contributed by atoms with van der Waals surface area (Å²) in [6.45, 7) is 2.18. The fraction of sp³-hybridized carbons (Fsp3) is 0.296. The minimum Gasteiger partial charge on any atom is -0.496 e. The van der Waals surface area contributed by atoms with Gasteiger partial charge in [0.15, 0.2) is 0 Å². The summed E-state index contributed by atoms with van der Waals surface area (Å²) in [5.74, 6) is 1.22. The molecule has 0 bridgehead atoms. The molecule has 3 N–H and O–H groups in total. The number of nitrogens with zero attached hydrogens (tertiary/aromatic N) is 1. The van der Waals surface area contributed by atoms with Crippen molar-refractivity contribution in [2.45, 2.75) is 38.8 Å². The number of nitrogens with one attached hydrogen (secondary N) is 1. The summed E-state index contributed by atoms with van der Waals surface area (Å²) in [7, 11) is 3.15. The van der Waals surface area contributed by atoms with Gasteiger partial charge < -0.3 is 25.3 Å². The van der Waals surface area contributed by atoms with Crippen LogP contribution in [-0.4, -0.2) is 37.1 Å². The van der Waals surface area contributed by atoms with Crippen LogP contribution in [0.3, 0.4) is 0 Å². The van der Waals surface area contributed by atoms with Crippen LogP contribution in [0.25, 0.3) is 0 Å². The molecule has 4 rings (SSSR count). The van der Waals surface area contributed by atoms with Crippen LogP contribution in [0.5, 0.6) is 17.2 Å². The second-order valence-electron chi connectivity index (χ2n) is 8.55. The van der Waals surface area contributed by atoms with E-state index in [4.69, 9.17) is 19.9 Å². The third kappa shape index (κ3) is 5.54. The van der Waals surface area contributed by atoms with Crippen molar-refractivity contribution < 1.29 is 23.8 Å². The van der Waals surface area contributed by atoms with Gasteiger partial charge in [0.1, 0.15) is 29.5 Å². The maximum atomic E-state index is 13.0. The molecular formula is C27H29N3O5. The molecule has 1 unspecified atom stereocenters. The Bertz CT molecular complexity index is 1230. The molecule has 8 nitrogen and oxygen atoms in total. The van der Waals surface area contributed by atoms with Gasteiger partial charge in [-0.25, -0.2) is 0 Å². The fourth-order valence-corrected chi connectivity index (χ4v) is 4.30. The Morgan fingerprint density at radius 3 is 2.49 bits per heavy atom. The summed E-state index contributed by atoms with van der Waals surface area (Å²) in [5, 5.41) is 3.15. The monoisotopic (exact) mass is 475 g/mol. The van der Waals surface area contributed by atoms with Crippen molar-refractivity contribution >= 4 is 11.8 Å². The molecule has 0 saturated carbocycles. The van der Waals surface area contributed by atoms with E-state index < -0.39 is 5.91 Å². The molecule has 1 aliphatic carbocycles. The summed E-state index contributed by atoms with van der Waals surface area (Å²) in [6.07, 6.45) is 3.97. The number of aromatic nitrogens is 1. The molecular weight excluding hydrogens is 446 g/mol. The Labute approximate surface area is 204 Å². The van der Waals surface area contributed by atoms with Crippen molar-refractivity contribution in [3.05, 3.63) is 82.2 Å². The van der Waals surface area contributed by atoms with Crippen LogP contribution >= 0.6 is 0 Å². The number of amides is 2. The Hall–Kier alpha value is -4.07. The Morgan fingerprint density at radius 1 is 1.06 bits per heavy atom. The second-order valence-corrected chi connectivity index (χ2v) is 8.55. The number of hydrogen-bond acceptors (Lipinski definition) is 6. The lowest BCUT2D eigenvalue weighted by atomic mass is 9.88. The van der Waals surface area contributed by atoms with Crippen molar-refractivity contribution in [2.75, 3.05) is 14.2 Å². The topological polar surface area (TPSA) is 113 Å². The zero-order chi connectivity index (χ0) is 24.9. The summed E-state index contributed by atoms with van der Waals surface area (Å²) >= 11 is 0. The van der Waals surface area contributed by atoms with E-state index in [1.165, 1.54) is 11.8 Å². The first-order valence-corrected chi connectivity index (χ1v) is 11.4. The molecule has 1 aromatic heterocycles. The van der Waals surface area contributed by atoms with Gasteiger partial charge in [0.05, 0.1) is 14.2 Å². The molecule has 1 heterocycles. The van der Waals surface area contributed by atoms with Crippen LogP contribution in [0.1, 0.15) is 49.5 Å². The number of pyridine rings is 1. The van der Waals surface area contributed by atoms with E-state index in [9.17, 15) is 9.59 Å². The molecule has 2 aromatic carbocycles. The molecule has 0 fully saturated rings. The van der Waals surface area contributed by atoms with Crippen molar-refractivity contribution in [1.82, 2.24) is 10.3 Å². The average molecular weight is 476 g/mol. The largest absolute Gasteiger partial charge is 0.496 e. The van der Waals surface area contributed by atoms with Gasteiger partial charge in [-0.05, 0) is 79.3 Å². The van der Waals surface area contributed by atoms with Crippen LogP contribution < -0.4 is 25.3 Å². The van der Waals surface area contributed by atoms with Crippen LogP contribution in [0.15, 0.2) is 48.7 Å². The van der Waals surface area contributed by atoms with Crippen LogP contribution in [-0.2, 0) is 19.4 Å². The van der Waals surface area contributed by atoms with E-state index in [0.717, 1.165) is 35.3 Å². The summed E-state index contributed by atoms with van der Waals surface area (Å²) in [6, 6.07) is 12.9. The number of ether oxygens (including phenoxy) is 3. The predicted octanol–water partition coefficient (Wildman–Crippen LogP) is 3.37. The van der Waals surface area contributed by atoms with Gasteiger partial charge in [0.25, 0.3) is 11.8 Å². The van der Waals surface area contributed by atoms with Crippen LogP contribution in [0, 0.1) is 6.92 Å². The third-order valence-electron chi connectivity index (χ3n) is 6.24. The van der Waals surface area contributed by atoms with Gasteiger partial charge in [-0.3, -0.25) is 14.6 Å². The number of fused-ring (bicyclic) bond motifs is 1. The highest BCUT2D eigenvalue weighted by Crippen LogP contribution is 2.30. The van der Waals surface area contributed by atoms with E-state index in [-0.39, 0.29) is 17.6 Å². The Kier molecular flexibility index (Phi) is 7.19. The zero-order valence-electron chi connectivity index (χ0n) is 20.1. The van der Waals surface area contributed by atoms with E-state index in [2.05, 4.69) is 16.4 Å². The quantitative estimate of drug-likeness (QED) is 0.517. The van der Waals surface area contributed by atoms with E-state index in [0.29, 0.717) is 30.1 Å². The minimum atomic E-state index is -0.573. The standard InChI is InChI=1S/C27H29N3O5/c1-16-24(33-2)13-20(14-25(16)34-3)27(32)30-21-6-4-18-5-7-22(12-19(18)11-21)35-15-17-8-9-29-23(10-17)26(28)31/h5,7-10,12-14,21H,4,6,11,15H2,1-3H3,(H2,28,31)(H,30,32). The maximum Gasteiger partial charge on any atom is 0.267 e. The maximum absolute atomic E-state index is 13.0. The summed E-state index contributed by atoms with van der Waals surface area (Å²) < 4.78 is 16.7. The highest BCUT2D eigenvalue weighted by atomic mass is 16.5. The van der Waals surface area contributed by atoms with E-state index >= 15 is 0 Å². The second kappa shape index (κ2) is 10.5. The molecule has 1 aliphatic rings. The number of primary amides is 1. The summed E-state index contributed by atoms with van der Waals surface area (Å²) in [5.41, 5.74) is 10.1. The number of rotatable bonds is 8. The van der Waals surface area contributed by atoms with Gasteiger partial charge in [-0.2, -0.15) is 0 Å². The fourth-order valence-electron chi connectivity index (χ4n) is 4.30. The summed E-state index contributed by atoms with van der Waals surface area (Å²) in [4.78, 5) is 28.3. The zero-order valence-corrected chi connectivity index (χ0v) is 20.1. The average Bonchev–Trinajstić information content (AvgIpc) is 2.87. The number of methoxy groups -OCH3 is 2. The lowest BCUT2D eigenvalue weighted by Gasteiger charge is -2.26. The highest BCUT2D eigenvalue weighted by Gasteiger charge is 2.22. The van der Waals surface area contributed by atoms with Crippen LogP contribution in [0.2, 0.25) is 0 Å². The predicted molar refractivity (Wildman–Crippen MR) is 131 cm³/mol. The van der Waals surface area contributed by atoms with Gasteiger partial charge in [0.2, 0.25) is 0 Å². The normalized spacial score (nSPS) is 14.5. The van der Waals surface area contributed by atoms with Crippen molar-refractivity contribution in [1.29, 1.82) is 0 Å². The van der Waals surface area contributed by atoms with Crippen molar-refractivity contribution in [3.63, 3.8) is 0 Å². The Morgan fingerprint density at radius 2 is 1.80 bits per heavy atom. The first-order chi connectivity index (χ1) is 16.9. The molecule has 2 amide bonds. The van der Waals surface area contributed by atoms with Crippen molar-refractivity contribution in [3.8, 4) is 17.2 Å². The van der Waals surface area contributed by atoms with E-state index in [1.807, 2.05) is 19.1 Å². The first-order valence-electron chi connectivity index (χ1n) is 11.4. The van der Waals surface area contributed by atoms with Gasteiger partial charge in [-0.1, -0.05) is 6.07 Å². The number of nitrogens with two attached hydrogens (primary N) is 1. The van der Waals surface area contributed by atoms with Gasteiger partial charge >= 0.3 is 0 Å². The molecule has 1 atom stereocenters. The molecule has 3 aromatic rings. The number of carbonyl (C=O) groups excluding carboxylic acids is 2. The molecule has 0 saturated heterocycles.